The predicted octanol–water partition coefficient (Wildman–Crippen LogP) is 3.82. The Hall–Kier alpha value is -3.50. The lowest BCUT2D eigenvalue weighted by Crippen LogP contribution is -2.44. The van der Waals surface area contributed by atoms with Gasteiger partial charge in [-0.3, -0.25) is 9.59 Å². The van der Waals surface area contributed by atoms with Crippen molar-refractivity contribution < 1.29 is 35.9 Å². The molecule has 10 heteroatoms. The first-order valence-corrected chi connectivity index (χ1v) is 14.5. The van der Waals surface area contributed by atoms with Gasteiger partial charge in [0.05, 0.1) is 23.5 Å². The molecule has 0 spiro atoms. The zero-order valence-corrected chi connectivity index (χ0v) is 22.2. The van der Waals surface area contributed by atoms with Crippen molar-refractivity contribution in [2.24, 2.45) is 5.92 Å². The molecule has 2 unspecified atom stereocenters. The van der Waals surface area contributed by atoms with Crippen LogP contribution >= 0.6 is 0 Å². The van der Waals surface area contributed by atoms with Crippen molar-refractivity contribution in [3.05, 3.63) is 90.5 Å². The highest BCUT2D eigenvalue weighted by atomic mass is 32.3. The lowest BCUT2D eigenvalue weighted by molar-refractivity contribution is -0.151. The molecule has 0 N–H and O–H groups in total. The number of benzene rings is 3. The lowest BCUT2D eigenvalue weighted by Gasteiger charge is -2.31. The zero-order chi connectivity index (χ0) is 27.2. The fourth-order valence-electron chi connectivity index (χ4n) is 4.17. The number of ether oxygens (including phenoxy) is 2. The third-order valence-electron chi connectivity index (χ3n) is 5.89. The SMILES string of the molecule is CCOC(=O)C(C(C)=O)C(c1ccc(OC)cc1)C(S(=O)(=O)c1ccccc1)S(=O)(=O)c1ccccc1. The maximum absolute atomic E-state index is 14.1. The molecule has 0 saturated heterocycles. The third kappa shape index (κ3) is 5.91. The summed E-state index contributed by atoms with van der Waals surface area (Å²) in [6, 6.07) is 20.1. The van der Waals surface area contributed by atoms with E-state index in [1.807, 2.05) is 0 Å². The van der Waals surface area contributed by atoms with Crippen molar-refractivity contribution in [1.29, 1.82) is 0 Å². The Labute approximate surface area is 217 Å². The third-order valence-corrected chi connectivity index (χ3v) is 11.1. The van der Waals surface area contributed by atoms with Crippen LogP contribution in [0.4, 0.5) is 0 Å². The number of ketones is 1. The van der Waals surface area contributed by atoms with Crippen LogP contribution in [0.3, 0.4) is 0 Å². The van der Waals surface area contributed by atoms with E-state index in [1.54, 1.807) is 12.1 Å². The van der Waals surface area contributed by atoms with Gasteiger partial charge < -0.3 is 9.47 Å². The van der Waals surface area contributed by atoms with E-state index >= 15 is 0 Å². The predicted molar refractivity (Wildman–Crippen MR) is 138 cm³/mol. The van der Waals surface area contributed by atoms with Crippen LogP contribution in [0.2, 0.25) is 0 Å². The highest BCUT2D eigenvalue weighted by Gasteiger charge is 2.52. The van der Waals surface area contributed by atoms with Crippen molar-refractivity contribution >= 4 is 31.4 Å². The topological polar surface area (TPSA) is 121 Å². The van der Waals surface area contributed by atoms with Crippen LogP contribution in [-0.2, 0) is 34.0 Å². The monoisotopic (exact) mass is 544 g/mol. The summed E-state index contributed by atoms with van der Waals surface area (Å²) in [6.07, 6.45) is 0. The lowest BCUT2D eigenvalue weighted by atomic mass is 9.84. The van der Waals surface area contributed by atoms with Crippen LogP contribution in [0.1, 0.15) is 25.3 Å². The zero-order valence-electron chi connectivity index (χ0n) is 20.6. The number of methoxy groups -OCH3 is 1. The molecular formula is C27H28O8S2. The van der Waals surface area contributed by atoms with E-state index in [9.17, 15) is 26.4 Å². The molecule has 0 aliphatic carbocycles. The molecular weight excluding hydrogens is 516 g/mol. The second-order valence-corrected chi connectivity index (χ2v) is 12.7. The van der Waals surface area contributed by atoms with E-state index in [4.69, 9.17) is 9.47 Å². The smallest absolute Gasteiger partial charge is 0.317 e. The van der Waals surface area contributed by atoms with Gasteiger partial charge in [-0.1, -0.05) is 48.5 Å². The van der Waals surface area contributed by atoms with Gasteiger partial charge in [0.25, 0.3) is 0 Å². The summed E-state index contributed by atoms with van der Waals surface area (Å²) in [4.78, 5) is 25.5. The molecule has 0 bridgehead atoms. The van der Waals surface area contributed by atoms with E-state index < -0.39 is 47.8 Å². The maximum Gasteiger partial charge on any atom is 0.317 e. The number of esters is 1. The molecule has 0 radical (unpaired) electrons. The van der Waals surface area contributed by atoms with Gasteiger partial charge in [-0.2, -0.15) is 0 Å². The van der Waals surface area contributed by atoms with E-state index in [0.29, 0.717) is 5.75 Å². The van der Waals surface area contributed by atoms with E-state index in [0.717, 1.165) is 6.92 Å². The molecule has 0 fully saturated rings. The largest absolute Gasteiger partial charge is 0.497 e. The summed E-state index contributed by atoms with van der Waals surface area (Å²) in [6.45, 7) is 2.56. The first-order valence-electron chi connectivity index (χ1n) is 11.4. The Morgan fingerprint density at radius 1 is 0.757 bits per heavy atom. The van der Waals surface area contributed by atoms with Crippen molar-refractivity contribution in [1.82, 2.24) is 0 Å². The highest BCUT2D eigenvalue weighted by Crippen LogP contribution is 2.41. The second kappa shape index (κ2) is 11.7. The molecule has 2 atom stereocenters. The molecule has 0 aliphatic rings. The van der Waals surface area contributed by atoms with Gasteiger partial charge in [0.1, 0.15) is 17.5 Å². The van der Waals surface area contributed by atoms with Crippen molar-refractivity contribution in [3.63, 3.8) is 0 Å². The number of hydrogen-bond acceptors (Lipinski definition) is 8. The Kier molecular flexibility index (Phi) is 8.88. The Morgan fingerprint density at radius 2 is 1.22 bits per heavy atom. The Balaban J connectivity index is 2.42. The molecule has 196 valence electrons. The number of rotatable bonds is 11. The van der Waals surface area contributed by atoms with Crippen LogP contribution in [0.25, 0.3) is 0 Å². The fraction of sp³-hybridized carbons (Fsp3) is 0.259. The summed E-state index contributed by atoms with van der Waals surface area (Å²) in [5.74, 6) is -4.65. The second-order valence-electron chi connectivity index (χ2n) is 8.22. The Bertz CT molecular complexity index is 1360. The van der Waals surface area contributed by atoms with Gasteiger partial charge in [0.2, 0.25) is 0 Å². The summed E-state index contributed by atoms with van der Waals surface area (Å²) >= 11 is 0. The number of carbonyl (C=O) groups is 2. The Morgan fingerprint density at radius 3 is 1.59 bits per heavy atom. The van der Waals surface area contributed by atoms with Gasteiger partial charge in [0.15, 0.2) is 24.3 Å². The molecule has 0 amide bonds. The summed E-state index contributed by atoms with van der Waals surface area (Å²) in [5.41, 5.74) is 0.151. The number of Topliss-reactive ketones (excluding diaryl/α,β-unsaturated/α-hetero) is 1. The van der Waals surface area contributed by atoms with Gasteiger partial charge >= 0.3 is 5.97 Å². The number of hydrogen-bond donors (Lipinski definition) is 0. The summed E-state index contributed by atoms with van der Waals surface area (Å²) in [7, 11) is -7.92. The van der Waals surface area contributed by atoms with E-state index in [-0.39, 0.29) is 22.0 Å². The minimum atomic E-state index is -4.68. The summed E-state index contributed by atoms with van der Waals surface area (Å²) < 4.78 is 64.6. The number of sulfone groups is 2. The van der Waals surface area contributed by atoms with Crippen LogP contribution in [-0.4, -0.2) is 46.9 Å². The summed E-state index contributed by atoms with van der Waals surface area (Å²) in [5, 5.41) is 0. The molecule has 3 aromatic carbocycles. The van der Waals surface area contributed by atoms with Crippen LogP contribution in [0.5, 0.6) is 5.75 Å². The minimum absolute atomic E-state index is 0.0838. The standard InChI is InChI=1S/C27H28O8S2/c1-4-35-26(29)24(19(2)28)25(20-15-17-21(34-3)18-16-20)27(36(30,31)22-11-7-5-8-12-22)37(32,33)23-13-9-6-10-14-23/h5-18,24-25,27H,4H2,1-3H3. The van der Waals surface area contributed by atoms with Gasteiger partial charge in [-0.25, -0.2) is 16.8 Å². The average Bonchev–Trinajstić information content (AvgIpc) is 2.89. The van der Waals surface area contributed by atoms with E-state index in [1.165, 1.54) is 86.8 Å². The van der Waals surface area contributed by atoms with Gasteiger partial charge in [0, 0.05) is 5.92 Å². The van der Waals surface area contributed by atoms with Crippen LogP contribution in [0.15, 0.2) is 94.7 Å². The molecule has 3 rings (SSSR count). The van der Waals surface area contributed by atoms with E-state index in [2.05, 4.69) is 0 Å². The molecule has 0 aromatic heterocycles. The number of carbonyl (C=O) groups excluding carboxylic acids is 2. The molecule has 0 aliphatic heterocycles. The van der Waals surface area contributed by atoms with Crippen LogP contribution in [0, 0.1) is 5.92 Å². The first kappa shape index (κ1) is 28.1. The van der Waals surface area contributed by atoms with Crippen molar-refractivity contribution in [2.75, 3.05) is 13.7 Å². The average molecular weight is 545 g/mol. The van der Waals surface area contributed by atoms with Crippen molar-refractivity contribution in [3.8, 4) is 5.75 Å². The molecule has 37 heavy (non-hydrogen) atoms. The highest BCUT2D eigenvalue weighted by molar-refractivity contribution is 8.09. The van der Waals surface area contributed by atoms with Crippen LogP contribution < -0.4 is 4.74 Å². The molecule has 0 heterocycles. The normalized spacial score (nSPS) is 13.5. The molecule has 8 nitrogen and oxygen atoms in total. The molecule has 0 saturated carbocycles. The first-order chi connectivity index (χ1) is 17.6. The minimum Gasteiger partial charge on any atom is -0.497 e. The van der Waals surface area contributed by atoms with Crippen molar-refractivity contribution in [2.45, 2.75) is 34.1 Å². The molecule has 3 aromatic rings. The van der Waals surface area contributed by atoms with Gasteiger partial charge in [-0.05, 0) is 55.8 Å². The maximum atomic E-state index is 14.1. The fourth-order valence-corrected chi connectivity index (χ4v) is 9.18. The quantitative estimate of drug-likeness (QED) is 0.264. The van der Waals surface area contributed by atoms with Gasteiger partial charge in [-0.15, -0.1) is 0 Å².